The van der Waals surface area contributed by atoms with Crippen LogP contribution in [-0.2, 0) is 9.47 Å². The lowest BCUT2D eigenvalue weighted by atomic mass is 9.79. The zero-order chi connectivity index (χ0) is 16.2. The fourth-order valence-corrected chi connectivity index (χ4v) is 4.47. The highest BCUT2D eigenvalue weighted by molar-refractivity contribution is 5.42. The van der Waals surface area contributed by atoms with Crippen molar-refractivity contribution in [2.45, 2.75) is 19.3 Å². The van der Waals surface area contributed by atoms with Crippen LogP contribution in [0.15, 0.2) is 18.7 Å². The quantitative estimate of drug-likeness (QED) is 0.835. The van der Waals surface area contributed by atoms with Crippen LogP contribution in [0.2, 0.25) is 0 Å². The number of likely N-dealkylation sites (tertiary alicyclic amines) is 1. The van der Waals surface area contributed by atoms with Gasteiger partial charge >= 0.3 is 0 Å². The van der Waals surface area contributed by atoms with Crippen LogP contribution in [0.3, 0.4) is 0 Å². The minimum absolute atomic E-state index is 0.226. The molecule has 4 rings (SSSR count). The van der Waals surface area contributed by atoms with E-state index in [9.17, 15) is 0 Å². The molecule has 1 aromatic heterocycles. The lowest BCUT2D eigenvalue weighted by Gasteiger charge is -2.44. The number of piperidine rings is 1. The summed E-state index contributed by atoms with van der Waals surface area (Å²) >= 11 is 0. The van der Waals surface area contributed by atoms with Gasteiger partial charge in [-0.2, -0.15) is 0 Å². The smallest absolute Gasteiger partial charge is 0.115 e. The minimum atomic E-state index is 0.226. The van der Waals surface area contributed by atoms with Crippen LogP contribution >= 0.6 is 0 Å². The second kappa shape index (κ2) is 7.33. The van der Waals surface area contributed by atoms with Crippen molar-refractivity contribution in [2.24, 2.45) is 11.3 Å². The van der Waals surface area contributed by atoms with Crippen LogP contribution in [0, 0.1) is 11.3 Å². The van der Waals surface area contributed by atoms with E-state index in [-0.39, 0.29) is 5.41 Å². The number of aromatic nitrogens is 2. The Hall–Kier alpha value is -1.24. The molecule has 3 aliphatic rings. The van der Waals surface area contributed by atoms with Gasteiger partial charge in [-0.25, -0.2) is 9.97 Å². The van der Waals surface area contributed by atoms with Gasteiger partial charge in [-0.15, -0.1) is 0 Å². The average Bonchev–Trinajstić information content (AvgIpc) is 3.03. The zero-order valence-corrected chi connectivity index (χ0v) is 14.4. The van der Waals surface area contributed by atoms with Crippen molar-refractivity contribution in [1.82, 2.24) is 14.9 Å². The second-order valence-corrected chi connectivity index (χ2v) is 7.64. The minimum Gasteiger partial charge on any atom is -0.381 e. The summed E-state index contributed by atoms with van der Waals surface area (Å²) in [6.45, 7) is 9.02. The molecule has 3 saturated heterocycles. The SMILES string of the molecule is c1ncc(N2CCOC[C@@]3(CCCN(C[C@H]4CCOC4)C3)C2)cn1. The summed E-state index contributed by atoms with van der Waals surface area (Å²) in [7, 11) is 0. The molecule has 1 aromatic rings. The van der Waals surface area contributed by atoms with Gasteiger partial charge < -0.3 is 19.3 Å². The normalized spacial score (nSPS) is 32.2. The molecule has 6 heteroatoms. The van der Waals surface area contributed by atoms with Crippen LogP contribution in [0.25, 0.3) is 0 Å². The van der Waals surface area contributed by atoms with E-state index in [1.807, 2.05) is 12.4 Å². The Balaban J connectivity index is 1.45. The number of hydrogen-bond acceptors (Lipinski definition) is 6. The summed E-state index contributed by atoms with van der Waals surface area (Å²) in [4.78, 5) is 13.4. The van der Waals surface area contributed by atoms with Gasteiger partial charge in [-0.3, -0.25) is 0 Å². The topological polar surface area (TPSA) is 50.7 Å². The fraction of sp³-hybridized carbons (Fsp3) is 0.778. The first-order valence-electron chi connectivity index (χ1n) is 9.21. The molecule has 0 radical (unpaired) electrons. The zero-order valence-electron chi connectivity index (χ0n) is 14.4. The van der Waals surface area contributed by atoms with Crippen molar-refractivity contribution < 1.29 is 9.47 Å². The maximum absolute atomic E-state index is 6.02. The van der Waals surface area contributed by atoms with Crippen molar-refractivity contribution in [3.63, 3.8) is 0 Å². The van der Waals surface area contributed by atoms with Crippen molar-refractivity contribution in [1.29, 1.82) is 0 Å². The van der Waals surface area contributed by atoms with Gasteiger partial charge in [-0.05, 0) is 31.7 Å². The van der Waals surface area contributed by atoms with Gasteiger partial charge in [0.1, 0.15) is 6.33 Å². The molecule has 0 bridgehead atoms. The fourth-order valence-electron chi connectivity index (χ4n) is 4.47. The molecule has 0 amide bonds. The first kappa shape index (κ1) is 16.2. The predicted molar refractivity (Wildman–Crippen MR) is 92.1 cm³/mol. The summed E-state index contributed by atoms with van der Waals surface area (Å²) in [6.07, 6.45) is 9.16. The van der Waals surface area contributed by atoms with E-state index in [2.05, 4.69) is 19.8 Å². The summed E-state index contributed by atoms with van der Waals surface area (Å²) in [6, 6.07) is 0. The first-order valence-corrected chi connectivity index (χ1v) is 9.21. The molecule has 132 valence electrons. The largest absolute Gasteiger partial charge is 0.381 e. The highest BCUT2D eigenvalue weighted by atomic mass is 16.5. The molecular formula is C18H28N4O2. The molecule has 3 fully saturated rings. The van der Waals surface area contributed by atoms with Gasteiger partial charge in [0.15, 0.2) is 0 Å². The van der Waals surface area contributed by atoms with Gasteiger partial charge in [0.25, 0.3) is 0 Å². The average molecular weight is 332 g/mol. The third-order valence-corrected chi connectivity index (χ3v) is 5.63. The first-order chi connectivity index (χ1) is 11.8. The Morgan fingerprint density at radius 1 is 1.12 bits per heavy atom. The predicted octanol–water partition coefficient (Wildman–Crippen LogP) is 1.43. The maximum atomic E-state index is 6.02. The third-order valence-electron chi connectivity index (χ3n) is 5.63. The lowest BCUT2D eigenvalue weighted by molar-refractivity contribution is 0.00810. The van der Waals surface area contributed by atoms with E-state index in [1.165, 1.54) is 32.4 Å². The molecule has 6 nitrogen and oxygen atoms in total. The number of rotatable bonds is 3. The lowest BCUT2D eigenvalue weighted by Crippen LogP contribution is -2.51. The van der Waals surface area contributed by atoms with Gasteiger partial charge in [-0.1, -0.05) is 0 Å². The number of ether oxygens (including phenoxy) is 2. The Kier molecular flexibility index (Phi) is 4.96. The molecule has 0 aromatic carbocycles. The van der Waals surface area contributed by atoms with Crippen molar-refractivity contribution in [2.75, 3.05) is 64.1 Å². The summed E-state index contributed by atoms with van der Waals surface area (Å²) in [5.74, 6) is 0.713. The molecule has 0 N–H and O–H groups in total. The molecule has 0 aliphatic carbocycles. The maximum Gasteiger partial charge on any atom is 0.115 e. The van der Waals surface area contributed by atoms with E-state index in [1.54, 1.807) is 6.33 Å². The van der Waals surface area contributed by atoms with Crippen molar-refractivity contribution in [3.05, 3.63) is 18.7 Å². The summed E-state index contributed by atoms with van der Waals surface area (Å²) in [5.41, 5.74) is 1.34. The van der Waals surface area contributed by atoms with E-state index in [4.69, 9.17) is 9.47 Å². The van der Waals surface area contributed by atoms with Crippen LogP contribution < -0.4 is 4.90 Å². The van der Waals surface area contributed by atoms with Crippen LogP contribution in [-0.4, -0.2) is 74.0 Å². The summed E-state index contributed by atoms with van der Waals surface area (Å²) in [5, 5.41) is 0. The van der Waals surface area contributed by atoms with Crippen LogP contribution in [0.1, 0.15) is 19.3 Å². The Morgan fingerprint density at radius 2 is 2.04 bits per heavy atom. The van der Waals surface area contributed by atoms with Gasteiger partial charge in [0.2, 0.25) is 0 Å². The molecule has 3 aliphatic heterocycles. The molecule has 4 heterocycles. The molecule has 0 unspecified atom stereocenters. The van der Waals surface area contributed by atoms with E-state index in [0.29, 0.717) is 5.92 Å². The van der Waals surface area contributed by atoms with E-state index < -0.39 is 0 Å². The molecule has 0 saturated carbocycles. The summed E-state index contributed by atoms with van der Waals surface area (Å²) < 4.78 is 11.6. The molecule has 1 spiro atoms. The monoisotopic (exact) mass is 332 g/mol. The molecular weight excluding hydrogens is 304 g/mol. The van der Waals surface area contributed by atoms with Crippen LogP contribution in [0.4, 0.5) is 5.69 Å². The van der Waals surface area contributed by atoms with E-state index in [0.717, 1.165) is 51.7 Å². The second-order valence-electron chi connectivity index (χ2n) is 7.64. The Morgan fingerprint density at radius 3 is 2.88 bits per heavy atom. The standard InChI is InChI=1S/C18H28N4O2/c1-3-18(12-21(4-1)10-16-2-6-23-11-16)13-22(5-7-24-14-18)17-8-19-15-20-9-17/h8-9,15-16H,1-7,10-14H2/t16-,18-/m1/s1. The van der Waals surface area contributed by atoms with Gasteiger partial charge in [0, 0.05) is 38.2 Å². The van der Waals surface area contributed by atoms with Gasteiger partial charge in [0.05, 0.1) is 37.9 Å². The highest BCUT2D eigenvalue weighted by Crippen LogP contribution is 2.35. The van der Waals surface area contributed by atoms with E-state index >= 15 is 0 Å². The molecule has 24 heavy (non-hydrogen) atoms. The van der Waals surface area contributed by atoms with Crippen molar-refractivity contribution in [3.8, 4) is 0 Å². The number of hydrogen-bond donors (Lipinski definition) is 0. The van der Waals surface area contributed by atoms with Crippen molar-refractivity contribution >= 4 is 5.69 Å². The Bertz CT molecular complexity index is 523. The molecule has 2 atom stereocenters. The Labute approximate surface area is 144 Å². The third kappa shape index (κ3) is 3.71. The number of anilines is 1. The number of nitrogens with zero attached hydrogens (tertiary/aromatic N) is 4. The van der Waals surface area contributed by atoms with Crippen LogP contribution in [0.5, 0.6) is 0 Å². The highest BCUT2D eigenvalue weighted by Gasteiger charge is 2.39.